The van der Waals surface area contributed by atoms with Crippen LogP contribution in [0.3, 0.4) is 0 Å². The van der Waals surface area contributed by atoms with Gasteiger partial charge in [-0.3, -0.25) is 4.90 Å². The highest BCUT2D eigenvalue weighted by molar-refractivity contribution is 9.10. The Hall–Kier alpha value is -3.23. The van der Waals surface area contributed by atoms with Gasteiger partial charge in [0.1, 0.15) is 47.8 Å². The number of nitrogens with zero attached hydrogens (tertiary/aromatic N) is 1. The van der Waals surface area contributed by atoms with Gasteiger partial charge in [-0.05, 0) is 51.3 Å². The van der Waals surface area contributed by atoms with E-state index < -0.39 is 12.3 Å². The molecule has 0 radical (unpaired) electrons. The maximum Gasteiger partial charge on any atom is 0.412 e. The van der Waals surface area contributed by atoms with Crippen LogP contribution in [0.2, 0.25) is 0 Å². The molecule has 0 aromatic heterocycles. The fourth-order valence-electron chi connectivity index (χ4n) is 2.88. The SMILES string of the molecule is C=CCOC(=O)N(Cc1cc(OCC=C)c(Br)c(OCC=C)c1)[C@@H](O)Cc1ccc(O)cc1. The minimum atomic E-state index is -1.19. The van der Waals surface area contributed by atoms with Gasteiger partial charge in [-0.2, -0.15) is 0 Å². The number of aliphatic hydroxyl groups is 1. The number of carbonyl (C=O) groups excluding carboxylic acids is 1. The molecule has 176 valence electrons. The van der Waals surface area contributed by atoms with Gasteiger partial charge in [-0.25, -0.2) is 4.79 Å². The van der Waals surface area contributed by atoms with Gasteiger partial charge in [0, 0.05) is 6.42 Å². The molecule has 0 bridgehead atoms. The third-order valence-corrected chi connectivity index (χ3v) is 5.19. The molecule has 0 saturated carbocycles. The van der Waals surface area contributed by atoms with Gasteiger partial charge in [0.05, 0.1) is 6.54 Å². The summed E-state index contributed by atoms with van der Waals surface area (Å²) in [4.78, 5) is 13.9. The molecule has 2 aromatic rings. The van der Waals surface area contributed by atoms with Crippen LogP contribution < -0.4 is 9.47 Å². The number of hydrogen-bond donors (Lipinski definition) is 2. The van der Waals surface area contributed by atoms with Crippen LogP contribution in [0, 0.1) is 0 Å². The van der Waals surface area contributed by atoms with Crippen LogP contribution in [0.4, 0.5) is 4.79 Å². The maximum absolute atomic E-state index is 12.7. The van der Waals surface area contributed by atoms with E-state index in [1.807, 2.05) is 0 Å². The third kappa shape index (κ3) is 8.00. The molecule has 2 rings (SSSR count). The molecule has 2 aromatic carbocycles. The van der Waals surface area contributed by atoms with Crippen LogP contribution in [0.1, 0.15) is 11.1 Å². The summed E-state index contributed by atoms with van der Waals surface area (Å²) in [6.07, 6.45) is 2.93. The second-order valence-corrected chi connectivity index (χ2v) is 7.74. The number of aromatic hydroxyl groups is 1. The van der Waals surface area contributed by atoms with Gasteiger partial charge in [-0.15, -0.1) is 0 Å². The highest BCUT2D eigenvalue weighted by Gasteiger charge is 2.25. The summed E-state index contributed by atoms with van der Waals surface area (Å²) in [5.41, 5.74) is 1.39. The average molecular weight is 518 g/mol. The molecule has 0 saturated heterocycles. The Bertz CT molecular complexity index is 927. The summed E-state index contributed by atoms with van der Waals surface area (Å²) >= 11 is 3.48. The lowest BCUT2D eigenvalue weighted by Gasteiger charge is -2.28. The number of phenolic OH excluding ortho intramolecular Hbond substituents is 1. The van der Waals surface area contributed by atoms with Crippen molar-refractivity contribution in [2.24, 2.45) is 0 Å². The van der Waals surface area contributed by atoms with E-state index in [1.54, 1.807) is 36.4 Å². The highest BCUT2D eigenvalue weighted by Crippen LogP contribution is 2.37. The van der Waals surface area contributed by atoms with Gasteiger partial charge >= 0.3 is 6.09 Å². The molecule has 0 aliphatic carbocycles. The number of carbonyl (C=O) groups is 1. The van der Waals surface area contributed by atoms with E-state index in [-0.39, 0.29) is 38.5 Å². The molecule has 1 amide bonds. The Morgan fingerprint density at radius 1 is 0.970 bits per heavy atom. The number of phenols is 1. The first-order valence-corrected chi connectivity index (χ1v) is 11.0. The summed E-state index contributed by atoms with van der Waals surface area (Å²) in [5.74, 6) is 1.11. The number of ether oxygens (including phenoxy) is 3. The van der Waals surface area contributed by atoms with E-state index in [4.69, 9.17) is 14.2 Å². The van der Waals surface area contributed by atoms with Crippen molar-refractivity contribution < 1.29 is 29.2 Å². The van der Waals surface area contributed by atoms with E-state index >= 15 is 0 Å². The number of rotatable bonds is 13. The van der Waals surface area contributed by atoms with Crippen LogP contribution in [0.25, 0.3) is 0 Å². The van der Waals surface area contributed by atoms with Gasteiger partial charge in [-0.1, -0.05) is 50.1 Å². The standard InChI is InChI=1S/C25H28BrNO6/c1-4-11-31-21-14-19(15-22(24(21)26)32-12-5-2)17-27(25(30)33-13-6-3)23(29)16-18-7-9-20(28)10-8-18/h4-10,14-15,23,28-29H,1-3,11-13,16-17H2/t23-/m0/s1. The second-order valence-electron chi connectivity index (χ2n) is 6.95. The summed E-state index contributed by atoms with van der Waals surface area (Å²) < 4.78 is 17.2. The minimum absolute atomic E-state index is 0.00297. The Morgan fingerprint density at radius 2 is 1.52 bits per heavy atom. The van der Waals surface area contributed by atoms with Gasteiger partial charge in [0.15, 0.2) is 0 Å². The summed E-state index contributed by atoms with van der Waals surface area (Å²) in [5, 5.41) is 20.4. The summed E-state index contributed by atoms with van der Waals surface area (Å²) in [6.45, 7) is 11.4. The molecular weight excluding hydrogens is 490 g/mol. The first-order chi connectivity index (χ1) is 15.9. The van der Waals surface area contributed by atoms with Crippen molar-refractivity contribution in [3.05, 3.63) is 90.0 Å². The average Bonchev–Trinajstić information content (AvgIpc) is 2.81. The zero-order valence-electron chi connectivity index (χ0n) is 18.3. The molecule has 0 unspecified atom stereocenters. The number of amides is 1. The topological polar surface area (TPSA) is 88.5 Å². The van der Waals surface area contributed by atoms with E-state index in [2.05, 4.69) is 35.7 Å². The predicted octanol–water partition coefficient (Wildman–Crippen LogP) is 4.97. The van der Waals surface area contributed by atoms with Crippen molar-refractivity contribution in [2.75, 3.05) is 19.8 Å². The number of aliphatic hydroxyl groups excluding tert-OH is 1. The lowest BCUT2D eigenvalue weighted by Crippen LogP contribution is -2.41. The molecule has 1 atom stereocenters. The van der Waals surface area contributed by atoms with Gasteiger partial charge in [0.2, 0.25) is 0 Å². The fraction of sp³-hybridized carbons (Fsp3) is 0.240. The third-order valence-electron chi connectivity index (χ3n) is 4.41. The van der Waals surface area contributed by atoms with E-state index in [9.17, 15) is 15.0 Å². The molecule has 0 fully saturated rings. The smallest absolute Gasteiger partial charge is 0.412 e. The zero-order chi connectivity index (χ0) is 24.2. The Morgan fingerprint density at radius 3 is 2.03 bits per heavy atom. The Kier molecular flexibility index (Phi) is 10.5. The quantitative estimate of drug-likeness (QED) is 0.288. The molecule has 2 N–H and O–H groups in total. The molecule has 7 nitrogen and oxygen atoms in total. The maximum atomic E-state index is 12.7. The second kappa shape index (κ2) is 13.3. The number of hydrogen-bond acceptors (Lipinski definition) is 6. The summed E-state index contributed by atoms with van der Waals surface area (Å²) in [7, 11) is 0. The largest absolute Gasteiger partial charge is 0.508 e. The van der Waals surface area contributed by atoms with Crippen LogP contribution >= 0.6 is 15.9 Å². The molecule has 0 aliphatic heterocycles. The molecule has 0 aliphatic rings. The van der Waals surface area contributed by atoms with Crippen LogP contribution in [0.5, 0.6) is 17.2 Å². The summed E-state index contributed by atoms with van der Waals surface area (Å²) in [6, 6.07) is 9.87. The molecular formula is C25H28BrNO6. The van der Waals surface area contributed by atoms with Crippen molar-refractivity contribution in [1.82, 2.24) is 4.90 Å². The first-order valence-electron chi connectivity index (χ1n) is 10.2. The van der Waals surface area contributed by atoms with Crippen LogP contribution in [0.15, 0.2) is 78.8 Å². The first kappa shape index (κ1) is 26.0. The van der Waals surface area contributed by atoms with E-state index in [1.165, 1.54) is 23.1 Å². The normalized spacial score (nSPS) is 11.2. The molecule has 33 heavy (non-hydrogen) atoms. The monoisotopic (exact) mass is 517 g/mol. The highest BCUT2D eigenvalue weighted by atomic mass is 79.9. The zero-order valence-corrected chi connectivity index (χ0v) is 19.9. The van der Waals surface area contributed by atoms with E-state index in [0.29, 0.717) is 21.5 Å². The predicted molar refractivity (Wildman–Crippen MR) is 130 cm³/mol. The van der Waals surface area contributed by atoms with Crippen LogP contribution in [-0.2, 0) is 17.7 Å². The van der Waals surface area contributed by atoms with Crippen LogP contribution in [-0.4, -0.2) is 47.3 Å². The molecule has 0 spiro atoms. The Balaban J connectivity index is 2.34. The lowest BCUT2D eigenvalue weighted by atomic mass is 10.1. The Labute approximate surface area is 202 Å². The number of halogens is 1. The molecule has 8 heteroatoms. The van der Waals surface area contributed by atoms with Crippen molar-refractivity contribution in [2.45, 2.75) is 19.2 Å². The van der Waals surface area contributed by atoms with Crippen molar-refractivity contribution in [3.63, 3.8) is 0 Å². The van der Waals surface area contributed by atoms with E-state index in [0.717, 1.165) is 5.56 Å². The van der Waals surface area contributed by atoms with Crippen molar-refractivity contribution >= 4 is 22.0 Å². The number of benzene rings is 2. The minimum Gasteiger partial charge on any atom is -0.508 e. The van der Waals surface area contributed by atoms with Crippen molar-refractivity contribution in [3.8, 4) is 17.2 Å². The molecule has 0 heterocycles. The van der Waals surface area contributed by atoms with Crippen molar-refractivity contribution in [1.29, 1.82) is 0 Å². The van der Waals surface area contributed by atoms with Gasteiger partial charge in [0.25, 0.3) is 0 Å². The van der Waals surface area contributed by atoms with Gasteiger partial charge < -0.3 is 24.4 Å². The lowest BCUT2D eigenvalue weighted by molar-refractivity contribution is -0.00182. The fourth-order valence-corrected chi connectivity index (χ4v) is 3.34.